The van der Waals surface area contributed by atoms with Crippen LogP contribution in [0.25, 0.3) is 0 Å². The SMILES string of the molecule is C=CC(=O)Nc1ccc2c(c1)C(=O)N([C@H]1CCC[C@@H](N)C1)C2. The average Bonchev–Trinajstić information content (AvgIpc) is 2.84. The lowest BCUT2D eigenvalue weighted by Crippen LogP contribution is -2.42. The summed E-state index contributed by atoms with van der Waals surface area (Å²) in [6, 6.07) is 5.91. The summed E-state index contributed by atoms with van der Waals surface area (Å²) >= 11 is 0. The van der Waals surface area contributed by atoms with Crippen molar-refractivity contribution in [3.05, 3.63) is 42.0 Å². The molecule has 0 aromatic heterocycles. The lowest BCUT2D eigenvalue weighted by atomic mass is 9.90. The molecule has 1 aliphatic carbocycles. The second-order valence-corrected chi connectivity index (χ2v) is 6.08. The molecule has 1 fully saturated rings. The van der Waals surface area contributed by atoms with E-state index < -0.39 is 0 Å². The van der Waals surface area contributed by atoms with Crippen molar-refractivity contribution in [2.75, 3.05) is 5.32 Å². The highest BCUT2D eigenvalue weighted by Crippen LogP contribution is 2.31. The van der Waals surface area contributed by atoms with Gasteiger partial charge in [-0.05, 0) is 49.5 Å². The van der Waals surface area contributed by atoms with Gasteiger partial charge in [0.05, 0.1) is 0 Å². The van der Waals surface area contributed by atoms with E-state index >= 15 is 0 Å². The molecular weight excluding hydrogens is 278 g/mol. The van der Waals surface area contributed by atoms with Gasteiger partial charge in [-0.15, -0.1) is 0 Å². The summed E-state index contributed by atoms with van der Waals surface area (Å²) in [6.07, 6.45) is 5.23. The molecule has 2 amide bonds. The summed E-state index contributed by atoms with van der Waals surface area (Å²) in [4.78, 5) is 26.0. The van der Waals surface area contributed by atoms with Crippen LogP contribution in [-0.4, -0.2) is 28.8 Å². The van der Waals surface area contributed by atoms with Crippen LogP contribution in [0.15, 0.2) is 30.9 Å². The molecular formula is C17H21N3O2. The first-order valence-corrected chi connectivity index (χ1v) is 7.71. The number of carbonyl (C=O) groups is 2. The predicted octanol–water partition coefficient (Wildman–Crippen LogP) is 2.04. The third-order valence-corrected chi connectivity index (χ3v) is 4.52. The molecule has 1 aliphatic heterocycles. The van der Waals surface area contributed by atoms with E-state index in [1.165, 1.54) is 6.08 Å². The third-order valence-electron chi connectivity index (χ3n) is 4.52. The molecule has 116 valence electrons. The van der Waals surface area contributed by atoms with Crippen LogP contribution < -0.4 is 11.1 Å². The monoisotopic (exact) mass is 299 g/mol. The van der Waals surface area contributed by atoms with Crippen LogP contribution in [0.2, 0.25) is 0 Å². The minimum Gasteiger partial charge on any atom is -0.331 e. The number of fused-ring (bicyclic) bond motifs is 1. The third kappa shape index (κ3) is 2.76. The van der Waals surface area contributed by atoms with Crippen LogP contribution in [-0.2, 0) is 11.3 Å². The topological polar surface area (TPSA) is 75.4 Å². The molecule has 0 radical (unpaired) electrons. The van der Waals surface area contributed by atoms with Gasteiger partial charge in [-0.2, -0.15) is 0 Å². The van der Waals surface area contributed by atoms with Crippen molar-refractivity contribution in [1.82, 2.24) is 4.90 Å². The van der Waals surface area contributed by atoms with Crippen LogP contribution in [0.1, 0.15) is 41.6 Å². The van der Waals surface area contributed by atoms with Crippen molar-refractivity contribution in [2.24, 2.45) is 5.73 Å². The van der Waals surface area contributed by atoms with Crippen molar-refractivity contribution in [1.29, 1.82) is 0 Å². The molecule has 1 aromatic rings. The Morgan fingerprint density at radius 3 is 2.95 bits per heavy atom. The van der Waals surface area contributed by atoms with Crippen LogP contribution in [0, 0.1) is 0 Å². The van der Waals surface area contributed by atoms with E-state index in [1.807, 2.05) is 17.0 Å². The largest absolute Gasteiger partial charge is 0.331 e. The maximum Gasteiger partial charge on any atom is 0.254 e. The summed E-state index contributed by atoms with van der Waals surface area (Å²) < 4.78 is 0. The van der Waals surface area contributed by atoms with Crippen molar-refractivity contribution in [3.63, 3.8) is 0 Å². The lowest BCUT2D eigenvalue weighted by Gasteiger charge is -2.33. The smallest absolute Gasteiger partial charge is 0.254 e. The van der Waals surface area contributed by atoms with Gasteiger partial charge >= 0.3 is 0 Å². The zero-order valence-electron chi connectivity index (χ0n) is 12.5. The summed E-state index contributed by atoms with van der Waals surface area (Å²) in [5.41, 5.74) is 8.36. The van der Waals surface area contributed by atoms with E-state index in [-0.39, 0.29) is 23.9 Å². The first-order valence-electron chi connectivity index (χ1n) is 7.71. The fraction of sp³-hybridized carbons (Fsp3) is 0.412. The molecule has 5 heteroatoms. The second kappa shape index (κ2) is 5.93. The van der Waals surface area contributed by atoms with Gasteiger partial charge in [0, 0.05) is 29.9 Å². The molecule has 1 heterocycles. The Labute approximate surface area is 130 Å². The average molecular weight is 299 g/mol. The summed E-state index contributed by atoms with van der Waals surface area (Å²) in [5.74, 6) is -0.232. The van der Waals surface area contributed by atoms with Crippen LogP contribution in [0.3, 0.4) is 0 Å². The maximum atomic E-state index is 12.7. The zero-order valence-corrected chi connectivity index (χ0v) is 12.5. The van der Waals surface area contributed by atoms with Gasteiger partial charge in [0.1, 0.15) is 0 Å². The summed E-state index contributed by atoms with van der Waals surface area (Å²) in [7, 11) is 0. The highest BCUT2D eigenvalue weighted by Gasteiger charge is 2.34. The molecule has 0 unspecified atom stereocenters. The van der Waals surface area contributed by atoms with Gasteiger partial charge < -0.3 is 16.0 Å². The van der Waals surface area contributed by atoms with Crippen molar-refractivity contribution < 1.29 is 9.59 Å². The normalized spacial score (nSPS) is 24.0. The number of carbonyl (C=O) groups excluding carboxylic acids is 2. The van der Waals surface area contributed by atoms with Crippen LogP contribution >= 0.6 is 0 Å². The van der Waals surface area contributed by atoms with E-state index in [4.69, 9.17) is 5.73 Å². The Balaban J connectivity index is 1.78. The number of hydrogen-bond donors (Lipinski definition) is 2. The van der Waals surface area contributed by atoms with E-state index in [9.17, 15) is 9.59 Å². The number of amides is 2. The number of nitrogens with zero attached hydrogens (tertiary/aromatic N) is 1. The van der Waals surface area contributed by atoms with Crippen molar-refractivity contribution in [2.45, 2.75) is 44.3 Å². The zero-order chi connectivity index (χ0) is 15.7. The van der Waals surface area contributed by atoms with E-state index in [0.29, 0.717) is 17.8 Å². The molecule has 0 bridgehead atoms. The predicted molar refractivity (Wildman–Crippen MR) is 85.4 cm³/mol. The standard InChI is InChI=1S/C17H21N3O2/c1-2-16(21)19-13-7-6-11-10-20(17(22)15(11)9-13)14-5-3-4-12(18)8-14/h2,6-7,9,12,14H,1,3-5,8,10,18H2,(H,19,21)/t12-,14+/m1/s1. The van der Waals surface area contributed by atoms with Gasteiger partial charge in [0.2, 0.25) is 5.91 Å². The van der Waals surface area contributed by atoms with E-state index in [1.54, 1.807) is 6.07 Å². The Bertz CT molecular complexity index is 626. The molecule has 5 nitrogen and oxygen atoms in total. The highest BCUT2D eigenvalue weighted by molar-refractivity contribution is 6.02. The van der Waals surface area contributed by atoms with Crippen LogP contribution in [0.5, 0.6) is 0 Å². The molecule has 3 N–H and O–H groups in total. The first kappa shape index (κ1) is 14.8. The van der Waals surface area contributed by atoms with E-state index in [0.717, 1.165) is 31.2 Å². The van der Waals surface area contributed by atoms with E-state index in [2.05, 4.69) is 11.9 Å². The van der Waals surface area contributed by atoms with Gasteiger partial charge in [-0.3, -0.25) is 9.59 Å². The number of anilines is 1. The highest BCUT2D eigenvalue weighted by atomic mass is 16.2. The van der Waals surface area contributed by atoms with Gasteiger partial charge in [-0.1, -0.05) is 12.6 Å². The number of nitrogens with one attached hydrogen (secondary N) is 1. The first-order chi connectivity index (χ1) is 10.6. The van der Waals surface area contributed by atoms with Gasteiger partial charge in [0.25, 0.3) is 5.91 Å². The molecule has 22 heavy (non-hydrogen) atoms. The van der Waals surface area contributed by atoms with Gasteiger partial charge in [-0.25, -0.2) is 0 Å². The van der Waals surface area contributed by atoms with Crippen molar-refractivity contribution >= 4 is 17.5 Å². The fourth-order valence-electron chi connectivity index (χ4n) is 3.37. The number of benzene rings is 1. The Kier molecular flexibility index (Phi) is 3.98. The molecule has 3 rings (SSSR count). The molecule has 1 aromatic carbocycles. The minimum atomic E-state index is -0.277. The molecule has 0 spiro atoms. The Morgan fingerprint density at radius 1 is 1.41 bits per heavy atom. The fourth-order valence-corrected chi connectivity index (χ4v) is 3.37. The van der Waals surface area contributed by atoms with Crippen LogP contribution in [0.4, 0.5) is 5.69 Å². The molecule has 2 atom stereocenters. The summed E-state index contributed by atoms with van der Waals surface area (Å²) in [5, 5.41) is 2.70. The molecule has 1 saturated carbocycles. The van der Waals surface area contributed by atoms with Gasteiger partial charge in [0.15, 0.2) is 0 Å². The quantitative estimate of drug-likeness (QED) is 0.839. The maximum absolute atomic E-state index is 12.7. The lowest BCUT2D eigenvalue weighted by molar-refractivity contribution is -0.111. The van der Waals surface area contributed by atoms with Crippen molar-refractivity contribution in [3.8, 4) is 0 Å². The summed E-state index contributed by atoms with van der Waals surface area (Å²) in [6.45, 7) is 4.07. The number of hydrogen-bond acceptors (Lipinski definition) is 3. The second-order valence-electron chi connectivity index (χ2n) is 6.08. The molecule has 0 saturated heterocycles. The Morgan fingerprint density at radius 2 is 2.23 bits per heavy atom. The minimum absolute atomic E-state index is 0.0452. The molecule has 2 aliphatic rings. The number of rotatable bonds is 3. The Hall–Kier alpha value is -2.14. The number of nitrogens with two attached hydrogens (primary N) is 1.